The second-order valence-electron chi connectivity index (χ2n) is 5.75. The third kappa shape index (κ3) is 2.95. The lowest BCUT2D eigenvalue weighted by Gasteiger charge is -2.45. The Morgan fingerprint density at radius 2 is 2.13 bits per heavy atom. The van der Waals surface area contributed by atoms with Gasteiger partial charge < -0.3 is 19.1 Å². The number of amides is 3. The molecule has 0 unspecified atom stereocenters. The fourth-order valence-electron chi connectivity index (χ4n) is 2.97. The average molecular weight is 337 g/mol. The molecule has 0 aliphatic carbocycles. The first kappa shape index (κ1) is 15.9. The number of hydrogen-bond acceptors (Lipinski definition) is 5. The minimum Gasteiger partial charge on any atom is -0.455 e. The van der Waals surface area contributed by atoms with Crippen molar-refractivity contribution >= 4 is 29.5 Å². The van der Waals surface area contributed by atoms with E-state index in [1.807, 2.05) is 6.26 Å². The van der Waals surface area contributed by atoms with E-state index in [0.717, 1.165) is 5.76 Å². The third-order valence-electron chi connectivity index (χ3n) is 4.18. The molecule has 7 nitrogen and oxygen atoms in total. The Morgan fingerprint density at radius 1 is 1.35 bits per heavy atom. The van der Waals surface area contributed by atoms with Crippen LogP contribution in [0.5, 0.6) is 0 Å². The first-order valence-corrected chi connectivity index (χ1v) is 8.82. The smallest absolute Gasteiger partial charge is 0.289 e. The number of piperazine rings is 2. The molecular formula is C15H19N3O4S. The molecule has 23 heavy (non-hydrogen) atoms. The Bertz CT molecular complexity index is 644. The van der Waals surface area contributed by atoms with Gasteiger partial charge in [0.05, 0.1) is 18.8 Å². The van der Waals surface area contributed by atoms with E-state index in [0.29, 0.717) is 18.8 Å². The van der Waals surface area contributed by atoms with Crippen LogP contribution in [0.4, 0.5) is 0 Å². The topological polar surface area (TPSA) is 74.1 Å². The highest BCUT2D eigenvalue weighted by Crippen LogP contribution is 2.20. The van der Waals surface area contributed by atoms with E-state index < -0.39 is 6.04 Å². The number of carbonyl (C=O) groups is 3. The molecule has 1 aromatic heterocycles. The monoisotopic (exact) mass is 337 g/mol. The molecule has 2 fully saturated rings. The van der Waals surface area contributed by atoms with Gasteiger partial charge >= 0.3 is 0 Å². The van der Waals surface area contributed by atoms with Crippen LogP contribution in [0.2, 0.25) is 0 Å². The summed E-state index contributed by atoms with van der Waals surface area (Å²) in [4.78, 5) is 41.4. The van der Waals surface area contributed by atoms with Crippen LogP contribution in [0.15, 0.2) is 16.5 Å². The predicted molar refractivity (Wildman–Crippen MR) is 85.0 cm³/mol. The summed E-state index contributed by atoms with van der Waals surface area (Å²) in [5.74, 6) is 1.33. The molecule has 1 aromatic rings. The molecule has 3 amide bonds. The molecule has 0 radical (unpaired) electrons. The lowest BCUT2D eigenvalue weighted by atomic mass is 10.1. The normalized spacial score (nSPS) is 21.7. The number of fused-ring (bicyclic) bond motifs is 1. The number of rotatable bonds is 3. The number of thioether (sulfide) groups is 1. The van der Waals surface area contributed by atoms with Crippen LogP contribution in [0.1, 0.15) is 16.3 Å². The van der Waals surface area contributed by atoms with Gasteiger partial charge in [-0.1, -0.05) is 0 Å². The third-order valence-corrected chi connectivity index (χ3v) is 4.75. The number of likely N-dealkylation sites (N-methyl/N-ethyl adjacent to an activating group) is 1. The fraction of sp³-hybridized carbons (Fsp3) is 0.533. The van der Waals surface area contributed by atoms with Crippen LogP contribution in [0, 0.1) is 0 Å². The van der Waals surface area contributed by atoms with Crippen molar-refractivity contribution in [3.05, 3.63) is 23.7 Å². The highest BCUT2D eigenvalue weighted by Gasteiger charge is 2.42. The maximum atomic E-state index is 12.6. The van der Waals surface area contributed by atoms with E-state index in [4.69, 9.17) is 4.42 Å². The largest absolute Gasteiger partial charge is 0.455 e. The molecular weight excluding hydrogens is 318 g/mol. The van der Waals surface area contributed by atoms with Crippen LogP contribution in [-0.4, -0.2) is 77.9 Å². The Hall–Kier alpha value is -1.96. The summed E-state index contributed by atoms with van der Waals surface area (Å²) < 4.78 is 5.56. The van der Waals surface area contributed by atoms with Crippen molar-refractivity contribution in [2.45, 2.75) is 11.8 Å². The van der Waals surface area contributed by atoms with Gasteiger partial charge in [-0.15, -0.1) is 0 Å². The van der Waals surface area contributed by atoms with E-state index in [-0.39, 0.29) is 36.6 Å². The summed E-state index contributed by atoms with van der Waals surface area (Å²) in [6.07, 6.45) is 1.96. The molecule has 2 aliphatic rings. The van der Waals surface area contributed by atoms with Gasteiger partial charge in [0.25, 0.3) is 5.91 Å². The SMILES string of the molecule is CSCc1ccc(C(=O)N2CCN3C(=O)CN(C)C(=O)[C@@H]3C2)o1. The second kappa shape index (κ2) is 6.27. The van der Waals surface area contributed by atoms with Crippen LogP contribution in [0.3, 0.4) is 0 Å². The molecule has 0 bridgehead atoms. The van der Waals surface area contributed by atoms with Crippen LogP contribution in [0.25, 0.3) is 0 Å². The van der Waals surface area contributed by atoms with Crippen LogP contribution >= 0.6 is 11.8 Å². The van der Waals surface area contributed by atoms with E-state index in [2.05, 4.69) is 0 Å². The van der Waals surface area contributed by atoms with Crippen molar-refractivity contribution in [1.29, 1.82) is 0 Å². The number of nitrogens with zero attached hydrogens (tertiary/aromatic N) is 3. The van der Waals surface area contributed by atoms with Gasteiger partial charge in [-0.3, -0.25) is 14.4 Å². The summed E-state index contributed by atoms with van der Waals surface area (Å²) in [5.41, 5.74) is 0. The second-order valence-corrected chi connectivity index (χ2v) is 6.61. The number of carbonyl (C=O) groups excluding carboxylic acids is 3. The van der Waals surface area contributed by atoms with Crippen molar-refractivity contribution < 1.29 is 18.8 Å². The van der Waals surface area contributed by atoms with E-state index in [1.165, 1.54) is 4.90 Å². The van der Waals surface area contributed by atoms with Crippen molar-refractivity contribution in [1.82, 2.24) is 14.7 Å². The summed E-state index contributed by atoms with van der Waals surface area (Å²) >= 11 is 1.62. The maximum Gasteiger partial charge on any atom is 0.289 e. The highest BCUT2D eigenvalue weighted by molar-refractivity contribution is 7.97. The van der Waals surface area contributed by atoms with Crippen molar-refractivity contribution in [2.75, 3.05) is 39.5 Å². The molecule has 1 atom stereocenters. The molecule has 124 valence electrons. The van der Waals surface area contributed by atoms with Gasteiger partial charge in [-0.05, 0) is 18.4 Å². The molecule has 3 rings (SSSR count). The Balaban J connectivity index is 1.73. The van der Waals surface area contributed by atoms with Crippen molar-refractivity contribution in [2.24, 2.45) is 0 Å². The quantitative estimate of drug-likeness (QED) is 0.791. The number of hydrogen-bond donors (Lipinski definition) is 0. The zero-order chi connectivity index (χ0) is 16.6. The van der Waals surface area contributed by atoms with Crippen molar-refractivity contribution in [3.8, 4) is 0 Å². The zero-order valence-electron chi connectivity index (χ0n) is 13.2. The minimum absolute atomic E-state index is 0.0653. The van der Waals surface area contributed by atoms with E-state index >= 15 is 0 Å². The Kier molecular flexibility index (Phi) is 4.34. The summed E-state index contributed by atoms with van der Waals surface area (Å²) in [7, 11) is 1.61. The lowest BCUT2D eigenvalue weighted by molar-refractivity contribution is -0.157. The summed E-state index contributed by atoms with van der Waals surface area (Å²) in [5, 5.41) is 0. The Labute approximate surface area is 138 Å². The molecule has 0 saturated carbocycles. The average Bonchev–Trinajstić information content (AvgIpc) is 3.00. The molecule has 2 saturated heterocycles. The standard InChI is InChI=1S/C15H19N3O4S/c1-16-8-13(19)18-6-5-17(7-11(18)14(16)20)15(21)12-4-3-10(22-12)9-23-2/h3-4,11H,5-9H2,1-2H3/t11-/m0/s1. The highest BCUT2D eigenvalue weighted by atomic mass is 32.2. The molecule has 0 aromatic carbocycles. The first-order chi connectivity index (χ1) is 11.0. The van der Waals surface area contributed by atoms with Gasteiger partial charge in [-0.25, -0.2) is 0 Å². The van der Waals surface area contributed by atoms with Crippen LogP contribution < -0.4 is 0 Å². The molecule has 0 spiro atoms. The van der Waals surface area contributed by atoms with Crippen LogP contribution in [-0.2, 0) is 15.3 Å². The van der Waals surface area contributed by atoms with Gasteiger partial charge in [0.15, 0.2) is 5.76 Å². The molecule has 2 aliphatic heterocycles. The predicted octanol–water partition coefficient (Wildman–Crippen LogP) is 0.268. The van der Waals surface area contributed by atoms with Crippen molar-refractivity contribution in [3.63, 3.8) is 0 Å². The van der Waals surface area contributed by atoms with E-state index in [1.54, 1.807) is 40.7 Å². The number of furan rings is 1. The van der Waals surface area contributed by atoms with E-state index in [9.17, 15) is 14.4 Å². The summed E-state index contributed by atoms with van der Waals surface area (Å²) in [6, 6.07) is 2.88. The minimum atomic E-state index is -0.584. The van der Waals surface area contributed by atoms with Gasteiger partial charge in [0, 0.05) is 20.1 Å². The molecule has 0 N–H and O–H groups in total. The lowest BCUT2D eigenvalue weighted by Crippen LogP contribution is -2.66. The summed E-state index contributed by atoms with van der Waals surface area (Å²) in [6.45, 7) is 1.12. The zero-order valence-corrected chi connectivity index (χ0v) is 14.0. The fourth-order valence-corrected chi connectivity index (χ4v) is 3.41. The Morgan fingerprint density at radius 3 is 2.87 bits per heavy atom. The van der Waals surface area contributed by atoms with Gasteiger partial charge in [0.2, 0.25) is 11.8 Å². The molecule has 3 heterocycles. The first-order valence-electron chi connectivity index (χ1n) is 7.42. The molecule has 8 heteroatoms. The maximum absolute atomic E-state index is 12.6. The van der Waals surface area contributed by atoms with Gasteiger partial charge in [0.1, 0.15) is 11.8 Å². The van der Waals surface area contributed by atoms with Gasteiger partial charge in [-0.2, -0.15) is 11.8 Å².